The van der Waals surface area contributed by atoms with Crippen molar-refractivity contribution in [3.05, 3.63) is 65.2 Å². The molecule has 0 bridgehead atoms. The second-order valence-electron chi connectivity index (χ2n) is 4.25. The topological polar surface area (TPSA) is 3.01 Å². The molecule has 2 aromatic carbocycles. The molecule has 0 aromatic heterocycles. The van der Waals surface area contributed by atoms with Gasteiger partial charge in [0.15, 0.2) is 0 Å². The summed E-state index contributed by atoms with van der Waals surface area (Å²) in [7, 11) is 0. The van der Waals surface area contributed by atoms with Crippen LogP contribution in [-0.2, 0) is 0 Å². The summed E-state index contributed by atoms with van der Waals surface area (Å²) in [5, 5.41) is 0.701. The van der Waals surface area contributed by atoms with Crippen molar-refractivity contribution in [3.8, 4) is 0 Å². The summed E-state index contributed by atoms with van der Waals surface area (Å²) in [6.45, 7) is 0. The highest BCUT2D eigenvalue weighted by Crippen LogP contribution is 2.61. The Balaban J connectivity index is 1.93. The summed E-state index contributed by atoms with van der Waals surface area (Å²) in [6.07, 6.45) is 0. The van der Waals surface area contributed by atoms with E-state index in [4.69, 9.17) is 34.8 Å². The quantitative estimate of drug-likeness (QED) is 0.427. The van der Waals surface area contributed by atoms with Crippen LogP contribution in [0, 0.1) is 0 Å². The molecule has 1 aliphatic rings. The second-order valence-corrected chi connectivity index (χ2v) is 6.03. The molecule has 1 heterocycles. The summed E-state index contributed by atoms with van der Waals surface area (Å²) in [5.41, 5.74) is 2.08. The van der Waals surface area contributed by atoms with E-state index in [9.17, 15) is 0 Å². The van der Waals surface area contributed by atoms with E-state index in [0.717, 1.165) is 11.3 Å². The Morgan fingerprint density at radius 3 is 2.11 bits per heavy atom. The average molecular weight is 299 g/mol. The fourth-order valence-corrected chi connectivity index (χ4v) is 3.02. The summed E-state index contributed by atoms with van der Waals surface area (Å²) in [4.78, 5) is 1.96. The Labute approximate surface area is 121 Å². The number of hydrogen-bond donors (Lipinski definition) is 0. The zero-order valence-electron chi connectivity index (χ0n) is 9.35. The van der Waals surface area contributed by atoms with E-state index in [2.05, 4.69) is 0 Å². The number of rotatable bonds is 2. The van der Waals surface area contributed by atoms with Gasteiger partial charge in [0.1, 0.15) is 6.04 Å². The van der Waals surface area contributed by atoms with Gasteiger partial charge in [-0.2, -0.15) is 0 Å². The highest BCUT2D eigenvalue weighted by Gasteiger charge is 2.61. The van der Waals surface area contributed by atoms with Gasteiger partial charge >= 0.3 is 0 Å². The van der Waals surface area contributed by atoms with Gasteiger partial charge in [0, 0.05) is 10.7 Å². The van der Waals surface area contributed by atoms with Crippen molar-refractivity contribution in [1.29, 1.82) is 0 Å². The van der Waals surface area contributed by atoms with Crippen molar-refractivity contribution in [2.45, 2.75) is 10.5 Å². The molecular formula is C14H10Cl3N. The summed E-state index contributed by atoms with van der Waals surface area (Å²) in [6, 6.07) is 17.5. The van der Waals surface area contributed by atoms with Gasteiger partial charge < -0.3 is 4.90 Å². The van der Waals surface area contributed by atoms with Crippen molar-refractivity contribution < 1.29 is 0 Å². The number of benzene rings is 2. The fourth-order valence-electron chi connectivity index (χ4n) is 2.15. The lowest BCUT2D eigenvalue weighted by atomic mass is 10.1. The highest BCUT2D eigenvalue weighted by atomic mass is 35.5. The largest absolute Gasteiger partial charge is 0.326 e. The van der Waals surface area contributed by atoms with Crippen LogP contribution in [0.4, 0.5) is 5.69 Å². The number of hydrogen-bond acceptors (Lipinski definition) is 1. The summed E-state index contributed by atoms with van der Waals surface area (Å²) in [5.74, 6) is 0. The van der Waals surface area contributed by atoms with Crippen LogP contribution in [0.1, 0.15) is 11.6 Å². The van der Waals surface area contributed by atoms with Gasteiger partial charge in [-0.3, -0.25) is 0 Å². The molecule has 1 atom stereocenters. The predicted octanol–water partition coefficient (Wildman–Crippen LogP) is 5.03. The number of nitrogens with zero attached hydrogens (tertiary/aromatic N) is 1. The number of anilines is 1. The zero-order chi connectivity index (χ0) is 12.8. The maximum atomic E-state index is 6.34. The molecule has 1 aliphatic heterocycles. The van der Waals surface area contributed by atoms with E-state index in [1.54, 1.807) is 0 Å². The van der Waals surface area contributed by atoms with Crippen LogP contribution in [0.2, 0.25) is 5.02 Å². The van der Waals surface area contributed by atoms with E-state index in [1.165, 1.54) is 0 Å². The van der Waals surface area contributed by atoms with Crippen molar-refractivity contribution in [3.63, 3.8) is 0 Å². The molecule has 0 aliphatic carbocycles. The van der Waals surface area contributed by atoms with E-state index in [1.807, 2.05) is 59.5 Å². The molecule has 92 valence electrons. The van der Waals surface area contributed by atoms with Crippen LogP contribution in [0.3, 0.4) is 0 Å². The van der Waals surface area contributed by atoms with Crippen molar-refractivity contribution in [2.75, 3.05) is 4.90 Å². The molecular weight excluding hydrogens is 289 g/mol. The Morgan fingerprint density at radius 1 is 0.889 bits per heavy atom. The molecule has 0 spiro atoms. The van der Waals surface area contributed by atoms with Gasteiger partial charge in [0.2, 0.25) is 4.46 Å². The lowest BCUT2D eigenvalue weighted by molar-refractivity contribution is 1.10. The van der Waals surface area contributed by atoms with E-state index >= 15 is 0 Å². The minimum Gasteiger partial charge on any atom is -0.326 e. The highest BCUT2D eigenvalue weighted by molar-refractivity contribution is 6.53. The molecule has 1 nitrogen and oxygen atoms in total. The van der Waals surface area contributed by atoms with Gasteiger partial charge in [-0.15, -0.1) is 0 Å². The standard InChI is InChI=1S/C14H10Cl3N/c15-11-6-8-12(9-7-11)18-13(14(18,16)17)10-4-2-1-3-5-10/h1-9,13H. The van der Waals surface area contributed by atoms with Crippen LogP contribution in [0.25, 0.3) is 0 Å². The molecule has 2 aromatic rings. The predicted molar refractivity (Wildman–Crippen MR) is 77.6 cm³/mol. The molecule has 3 rings (SSSR count). The first kappa shape index (κ1) is 12.2. The molecule has 18 heavy (non-hydrogen) atoms. The summed E-state index contributed by atoms with van der Waals surface area (Å²) < 4.78 is -0.880. The monoisotopic (exact) mass is 297 g/mol. The molecule has 0 saturated carbocycles. The maximum absolute atomic E-state index is 6.34. The first-order valence-electron chi connectivity index (χ1n) is 5.58. The molecule has 1 fully saturated rings. The van der Waals surface area contributed by atoms with Crippen molar-refractivity contribution >= 4 is 40.5 Å². The lowest BCUT2D eigenvalue weighted by Crippen LogP contribution is -2.00. The molecule has 0 radical (unpaired) electrons. The molecule has 0 amide bonds. The van der Waals surface area contributed by atoms with E-state index in [-0.39, 0.29) is 6.04 Å². The lowest BCUT2D eigenvalue weighted by Gasteiger charge is -2.05. The third kappa shape index (κ3) is 1.97. The van der Waals surface area contributed by atoms with Crippen LogP contribution in [0.5, 0.6) is 0 Å². The van der Waals surface area contributed by atoms with E-state index in [0.29, 0.717) is 5.02 Å². The fraction of sp³-hybridized carbons (Fsp3) is 0.143. The minimum atomic E-state index is -0.880. The van der Waals surface area contributed by atoms with Gasteiger partial charge in [-0.1, -0.05) is 65.1 Å². The average Bonchev–Trinajstić information content (AvgIpc) is 2.94. The molecule has 0 N–H and O–H groups in total. The smallest absolute Gasteiger partial charge is 0.215 e. The summed E-state index contributed by atoms with van der Waals surface area (Å²) >= 11 is 18.6. The van der Waals surface area contributed by atoms with Crippen LogP contribution in [0.15, 0.2) is 54.6 Å². The van der Waals surface area contributed by atoms with Gasteiger partial charge in [-0.25, -0.2) is 0 Å². The first-order valence-corrected chi connectivity index (χ1v) is 6.72. The SMILES string of the molecule is Clc1ccc(N2C(c3ccccc3)C2(Cl)Cl)cc1. The Kier molecular flexibility index (Phi) is 2.93. The third-order valence-corrected chi connectivity index (χ3v) is 4.09. The van der Waals surface area contributed by atoms with Crippen molar-refractivity contribution in [1.82, 2.24) is 0 Å². The van der Waals surface area contributed by atoms with Gasteiger partial charge in [0.25, 0.3) is 0 Å². The second kappa shape index (κ2) is 4.34. The van der Waals surface area contributed by atoms with Crippen LogP contribution in [-0.4, -0.2) is 4.46 Å². The Hall–Kier alpha value is -0.890. The maximum Gasteiger partial charge on any atom is 0.215 e. The van der Waals surface area contributed by atoms with Gasteiger partial charge in [-0.05, 0) is 29.8 Å². The van der Waals surface area contributed by atoms with Crippen LogP contribution < -0.4 is 4.90 Å². The molecule has 4 heteroatoms. The van der Waals surface area contributed by atoms with Crippen LogP contribution >= 0.6 is 34.8 Å². The molecule has 1 unspecified atom stereocenters. The van der Waals surface area contributed by atoms with Gasteiger partial charge in [0.05, 0.1) is 0 Å². The third-order valence-electron chi connectivity index (χ3n) is 3.06. The molecule has 1 saturated heterocycles. The number of alkyl halides is 2. The van der Waals surface area contributed by atoms with Crippen molar-refractivity contribution in [2.24, 2.45) is 0 Å². The Bertz CT molecular complexity index is 551. The Morgan fingerprint density at radius 2 is 1.50 bits per heavy atom. The normalized spacial score (nSPS) is 20.8. The zero-order valence-corrected chi connectivity index (χ0v) is 11.6. The first-order chi connectivity index (χ1) is 8.60. The van der Waals surface area contributed by atoms with E-state index < -0.39 is 4.46 Å². The number of halogens is 3. The minimum absolute atomic E-state index is 0.0109.